The van der Waals surface area contributed by atoms with Gasteiger partial charge in [0.15, 0.2) is 0 Å². The second kappa shape index (κ2) is 3.31. The normalized spacial score (nSPS) is 17.1. The van der Waals surface area contributed by atoms with E-state index in [9.17, 15) is 4.79 Å². The first-order chi connectivity index (χ1) is 7.13. The molecule has 0 bridgehead atoms. The van der Waals surface area contributed by atoms with E-state index in [0.717, 1.165) is 11.3 Å². The van der Waals surface area contributed by atoms with Crippen LogP contribution in [0, 0.1) is 0 Å². The monoisotopic (exact) mass is 204 g/mol. The summed E-state index contributed by atoms with van der Waals surface area (Å²) in [5, 5.41) is 2.76. The van der Waals surface area contributed by atoms with E-state index in [-0.39, 0.29) is 5.91 Å². The van der Waals surface area contributed by atoms with E-state index < -0.39 is 0 Å². The smallest absolute Gasteiger partial charge is 0.259 e. The summed E-state index contributed by atoms with van der Waals surface area (Å²) in [6, 6.07) is 5.31. The van der Waals surface area contributed by atoms with E-state index in [1.54, 1.807) is 32.2 Å². The topological polar surface area (TPSA) is 64.3 Å². The standard InChI is InChI=1S/C11H12N2O2/c1-6(15-2)10-8-5-7(12)3-4-9(8)13-11(10)14/h3-5H,12H2,1-2H3,(H,13,14)/b10-6-. The van der Waals surface area contributed by atoms with Crippen molar-refractivity contribution in [3.8, 4) is 0 Å². The first-order valence-electron chi connectivity index (χ1n) is 4.59. The molecule has 2 rings (SSSR count). The molecule has 4 heteroatoms. The number of nitrogen functional groups attached to an aromatic ring is 1. The SMILES string of the molecule is CO/C(C)=C1\C(=O)Nc2ccc(N)cc21. The van der Waals surface area contributed by atoms with Crippen molar-refractivity contribution in [1.82, 2.24) is 0 Å². The lowest BCUT2D eigenvalue weighted by Gasteiger charge is -2.03. The average molecular weight is 204 g/mol. The molecule has 15 heavy (non-hydrogen) atoms. The quantitative estimate of drug-likeness (QED) is 0.415. The zero-order valence-corrected chi connectivity index (χ0v) is 8.63. The van der Waals surface area contributed by atoms with Crippen LogP contribution in [0.3, 0.4) is 0 Å². The summed E-state index contributed by atoms with van der Waals surface area (Å²) in [4.78, 5) is 11.7. The highest BCUT2D eigenvalue weighted by Gasteiger charge is 2.26. The van der Waals surface area contributed by atoms with Crippen LogP contribution in [0.1, 0.15) is 12.5 Å². The minimum Gasteiger partial charge on any atom is -0.501 e. The predicted octanol–water partition coefficient (Wildman–Crippen LogP) is 1.60. The molecule has 0 aromatic heterocycles. The third kappa shape index (κ3) is 1.44. The van der Waals surface area contributed by atoms with Gasteiger partial charge in [-0.25, -0.2) is 0 Å². The second-order valence-electron chi connectivity index (χ2n) is 3.39. The molecular formula is C11H12N2O2. The Morgan fingerprint density at radius 2 is 2.20 bits per heavy atom. The van der Waals surface area contributed by atoms with Crippen molar-refractivity contribution in [1.29, 1.82) is 0 Å². The van der Waals surface area contributed by atoms with Gasteiger partial charge < -0.3 is 15.8 Å². The third-order valence-corrected chi connectivity index (χ3v) is 2.45. The highest BCUT2D eigenvalue weighted by molar-refractivity contribution is 6.32. The predicted molar refractivity (Wildman–Crippen MR) is 59.1 cm³/mol. The Balaban J connectivity index is 2.63. The fraction of sp³-hybridized carbons (Fsp3) is 0.182. The van der Waals surface area contributed by atoms with Gasteiger partial charge in [-0.1, -0.05) is 0 Å². The number of benzene rings is 1. The minimum absolute atomic E-state index is 0.144. The Bertz CT molecular complexity index is 464. The van der Waals surface area contributed by atoms with Gasteiger partial charge in [0, 0.05) is 16.9 Å². The van der Waals surface area contributed by atoms with Crippen LogP contribution in [0.15, 0.2) is 24.0 Å². The number of nitrogens with two attached hydrogens (primary N) is 1. The Kier molecular flexibility index (Phi) is 2.11. The first-order valence-corrected chi connectivity index (χ1v) is 4.59. The van der Waals surface area contributed by atoms with Crippen LogP contribution in [-0.4, -0.2) is 13.0 Å². The summed E-state index contributed by atoms with van der Waals surface area (Å²) in [6.45, 7) is 1.76. The number of carbonyl (C=O) groups is 1. The van der Waals surface area contributed by atoms with Crippen LogP contribution in [0.25, 0.3) is 5.57 Å². The Hall–Kier alpha value is -1.97. The van der Waals surface area contributed by atoms with E-state index in [2.05, 4.69) is 5.32 Å². The van der Waals surface area contributed by atoms with Crippen molar-refractivity contribution in [3.63, 3.8) is 0 Å². The van der Waals surface area contributed by atoms with Crippen molar-refractivity contribution in [2.24, 2.45) is 0 Å². The number of fused-ring (bicyclic) bond motifs is 1. The largest absolute Gasteiger partial charge is 0.501 e. The number of hydrogen-bond donors (Lipinski definition) is 2. The molecule has 1 heterocycles. The summed E-state index contributed by atoms with van der Waals surface area (Å²) < 4.78 is 5.08. The molecule has 0 unspecified atom stereocenters. The second-order valence-corrected chi connectivity index (χ2v) is 3.39. The molecule has 3 N–H and O–H groups in total. The molecule has 4 nitrogen and oxygen atoms in total. The zero-order chi connectivity index (χ0) is 11.0. The number of nitrogens with one attached hydrogen (secondary N) is 1. The highest BCUT2D eigenvalue weighted by Crippen LogP contribution is 2.34. The number of ether oxygens (including phenoxy) is 1. The van der Waals surface area contributed by atoms with Crippen molar-refractivity contribution in [3.05, 3.63) is 29.5 Å². The van der Waals surface area contributed by atoms with Crippen molar-refractivity contribution >= 4 is 22.9 Å². The van der Waals surface area contributed by atoms with Gasteiger partial charge in [-0.2, -0.15) is 0 Å². The van der Waals surface area contributed by atoms with Gasteiger partial charge in [-0.05, 0) is 25.1 Å². The van der Waals surface area contributed by atoms with Gasteiger partial charge in [-0.3, -0.25) is 4.79 Å². The maximum absolute atomic E-state index is 11.7. The number of allylic oxidation sites excluding steroid dienone is 1. The molecule has 0 atom stereocenters. The van der Waals surface area contributed by atoms with Crippen molar-refractivity contribution < 1.29 is 9.53 Å². The lowest BCUT2D eigenvalue weighted by Crippen LogP contribution is -2.05. The summed E-state index contributed by atoms with van der Waals surface area (Å²) in [5.74, 6) is 0.451. The first kappa shape index (κ1) is 9.58. The molecule has 1 aliphatic heterocycles. The maximum atomic E-state index is 11.7. The fourth-order valence-electron chi connectivity index (χ4n) is 1.64. The Morgan fingerprint density at radius 3 is 2.87 bits per heavy atom. The number of hydrogen-bond acceptors (Lipinski definition) is 3. The molecule has 0 aliphatic carbocycles. The van der Waals surface area contributed by atoms with E-state index in [4.69, 9.17) is 10.5 Å². The van der Waals surface area contributed by atoms with Crippen LogP contribution in [0.4, 0.5) is 11.4 Å². The number of carbonyl (C=O) groups excluding carboxylic acids is 1. The molecule has 0 saturated heterocycles. The lowest BCUT2D eigenvalue weighted by molar-refractivity contribution is -0.110. The van der Waals surface area contributed by atoms with Crippen LogP contribution in [0.2, 0.25) is 0 Å². The zero-order valence-electron chi connectivity index (χ0n) is 8.63. The van der Waals surface area contributed by atoms with Crippen molar-refractivity contribution in [2.75, 3.05) is 18.2 Å². The summed E-state index contributed by atoms with van der Waals surface area (Å²) in [6.07, 6.45) is 0. The number of anilines is 2. The summed E-state index contributed by atoms with van der Waals surface area (Å²) in [5.41, 5.74) is 8.45. The summed E-state index contributed by atoms with van der Waals surface area (Å²) >= 11 is 0. The average Bonchev–Trinajstić information content (AvgIpc) is 2.52. The van der Waals surface area contributed by atoms with E-state index in [1.807, 2.05) is 0 Å². The van der Waals surface area contributed by atoms with Gasteiger partial charge in [0.2, 0.25) is 0 Å². The number of amides is 1. The van der Waals surface area contributed by atoms with E-state index in [0.29, 0.717) is 17.0 Å². The fourth-order valence-corrected chi connectivity index (χ4v) is 1.64. The summed E-state index contributed by atoms with van der Waals surface area (Å²) in [7, 11) is 1.54. The van der Waals surface area contributed by atoms with Gasteiger partial charge >= 0.3 is 0 Å². The van der Waals surface area contributed by atoms with E-state index in [1.165, 1.54) is 0 Å². The van der Waals surface area contributed by atoms with Gasteiger partial charge in [0.1, 0.15) is 5.76 Å². The van der Waals surface area contributed by atoms with Gasteiger partial charge in [-0.15, -0.1) is 0 Å². The molecule has 0 spiro atoms. The minimum atomic E-state index is -0.144. The van der Waals surface area contributed by atoms with Crippen LogP contribution >= 0.6 is 0 Å². The molecule has 78 valence electrons. The van der Waals surface area contributed by atoms with Crippen molar-refractivity contribution in [2.45, 2.75) is 6.92 Å². The van der Waals surface area contributed by atoms with Crippen LogP contribution in [-0.2, 0) is 9.53 Å². The highest BCUT2D eigenvalue weighted by atomic mass is 16.5. The van der Waals surface area contributed by atoms with Gasteiger partial charge in [0.25, 0.3) is 5.91 Å². The molecule has 0 radical (unpaired) electrons. The molecular weight excluding hydrogens is 192 g/mol. The molecule has 0 saturated carbocycles. The number of methoxy groups -OCH3 is 1. The third-order valence-electron chi connectivity index (χ3n) is 2.45. The molecule has 1 aliphatic rings. The Morgan fingerprint density at radius 1 is 1.47 bits per heavy atom. The molecule has 1 aromatic rings. The van der Waals surface area contributed by atoms with Gasteiger partial charge in [0.05, 0.1) is 12.7 Å². The molecule has 1 aromatic carbocycles. The maximum Gasteiger partial charge on any atom is 0.259 e. The molecule has 1 amide bonds. The van der Waals surface area contributed by atoms with E-state index >= 15 is 0 Å². The lowest BCUT2D eigenvalue weighted by atomic mass is 10.1. The Labute approximate surface area is 87.7 Å². The van der Waals surface area contributed by atoms with Crippen LogP contribution < -0.4 is 11.1 Å². The van der Waals surface area contributed by atoms with Crippen LogP contribution in [0.5, 0.6) is 0 Å². The number of rotatable bonds is 1. The molecule has 0 fully saturated rings.